The molecule has 0 spiro atoms. The van der Waals surface area contributed by atoms with Gasteiger partial charge < -0.3 is 15.2 Å². The summed E-state index contributed by atoms with van der Waals surface area (Å²) in [6.07, 6.45) is 2.01. The number of benzene rings is 2. The first-order valence-electron chi connectivity index (χ1n) is 7.28. The molecule has 0 bridgehead atoms. The second-order valence-corrected chi connectivity index (χ2v) is 5.26. The Morgan fingerprint density at radius 2 is 1.76 bits per heavy atom. The highest BCUT2D eigenvalue weighted by atomic mass is 16.5. The van der Waals surface area contributed by atoms with Crippen molar-refractivity contribution in [2.24, 2.45) is 5.73 Å². The van der Waals surface area contributed by atoms with Crippen LogP contribution in [0.1, 0.15) is 24.5 Å². The van der Waals surface area contributed by atoms with Gasteiger partial charge in [-0.2, -0.15) is 0 Å². The molecule has 3 heteroatoms. The number of methoxy groups -OCH3 is 1. The van der Waals surface area contributed by atoms with E-state index in [1.54, 1.807) is 7.11 Å². The van der Waals surface area contributed by atoms with Crippen molar-refractivity contribution in [3.8, 4) is 11.5 Å². The van der Waals surface area contributed by atoms with E-state index in [0.29, 0.717) is 6.61 Å². The molecule has 21 heavy (non-hydrogen) atoms. The highest BCUT2D eigenvalue weighted by molar-refractivity contribution is 5.33. The molecule has 0 saturated heterocycles. The van der Waals surface area contributed by atoms with Crippen molar-refractivity contribution < 1.29 is 9.47 Å². The van der Waals surface area contributed by atoms with E-state index in [4.69, 9.17) is 15.2 Å². The van der Waals surface area contributed by atoms with Crippen LogP contribution >= 0.6 is 0 Å². The van der Waals surface area contributed by atoms with Crippen LogP contribution in [0.3, 0.4) is 0 Å². The molecular formula is C18H23NO2. The van der Waals surface area contributed by atoms with E-state index in [0.717, 1.165) is 29.9 Å². The molecule has 2 aromatic rings. The monoisotopic (exact) mass is 285 g/mol. The molecule has 3 nitrogen and oxygen atoms in total. The Bertz CT molecular complexity index is 549. The fourth-order valence-corrected chi connectivity index (χ4v) is 2.13. The van der Waals surface area contributed by atoms with Gasteiger partial charge in [-0.1, -0.05) is 30.3 Å². The van der Waals surface area contributed by atoms with Gasteiger partial charge in [0.25, 0.3) is 0 Å². The maximum absolute atomic E-state index is 5.81. The van der Waals surface area contributed by atoms with Gasteiger partial charge in [0.2, 0.25) is 0 Å². The zero-order chi connectivity index (χ0) is 15.1. The van der Waals surface area contributed by atoms with Crippen LogP contribution in [-0.4, -0.2) is 13.2 Å². The van der Waals surface area contributed by atoms with Gasteiger partial charge in [-0.25, -0.2) is 0 Å². The summed E-state index contributed by atoms with van der Waals surface area (Å²) < 4.78 is 11.1. The van der Waals surface area contributed by atoms with E-state index in [-0.39, 0.29) is 6.04 Å². The van der Waals surface area contributed by atoms with Crippen LogP contribution in [0, 0.1) is 0 Å². The Kier molecular flexibility index (Phi) is 5.64. The first-order chi connectivity index (χ1) is 10.2. The highest BCUT2D eigenvalue weighted by Crippen LogP contribution is 2.20. The molecule has 1 atom stereocenters. The van der Waals surface area contributed by atoms with Crippen molar-refractivity contribution in [3.63, 3.8) is 0 Å². The van der Waals surface area contributed by atoms with E-state index >= 15 is 0 Å². The molecule has 1 unspecified atom stereocenters. The number of hydrogen-bond acceptors (Lipinski definition) is 3. The van der Waals surface area contributed by atoms with Crippen molar-refractivity contribution in [2.75, 3.05) is 7.11 Å². The summed E-state index contributed by atoms with van der Waals surface area (Å²) in [6, 6.07) is 16.3. The molecular weight excluding hydrogens is 262 g/mol. The summed E-state index contributed by atoms with van der Waals surface area (Å²) in [4.78, 5) is 0. The third-order valence-corrected chi connectivity index (χ3v) is 3.40. The second-order valence-electron chi connectivity index (χ2n) is 5.26. The van der Waals surface area contributed by atoms with Crippen LogP contribution < -0.4 is 15.2 Å². The van der Waals surface area contributed by atoms with Crippen molar-refractivity contribution in [3.05, 3.63) is 59.7 Å². The Balaban J connectivity index is 1.91. The molecule has 0 aliphatic heterocycles. The Morgan fingerprint density at radius 1 is 1.05 bits per heavy atom. The molecule has 2 rings (SSSR count). The molecule has 2 aromatic carbocycles. The average Bonchev–Trinajstić information content (AvgIpc) is 2.52. The molecule has 0 aliphatic carbocycles. The predicted molar refractivity (Wildman–Crippen MR) is 85.7 cm³/mol. The fourth-order valence-electron chi connectivity index (χ4n) is 2.13. The summed E-state index contributed by atoms with van der Waals surface area (Å²) in [5, 5.41) is 0. The number of hydrogen-bond donors (Lipinski definition) is 1. The van der Waals surface area contributed by atoms with Crippen LogP contribution in [0.4, 0.5) is 0 Å². The minimum absolute atomic E-state index is 0.242. The van der Waals surface area contributed by atoms with Crippen LogP contribution in [0.15, 0.2) is 48.5 Å². The third kappa shape index (κ3) is 4.80. The minimum atomic E-state index is 0.242. The smallest absolute Gasteiger partial charge is 0.125 e. The van der Waals surface area contributed by atoms with E-state index < -0.39 is 0 Å². The van der Waals surface area contributed by atoms with E-state index in [1.165, 1.54) is 5.56 Å². The van der Waals surface area contributed by atoms with Gasteiger partial charge in [0.05, 0.1) is 7.11 Å². The van der Waals surface area contributed by atoms with E-state index in [9.17, 15) is 0 Å². The molecule has 0 aliphatic rings. The van der Waals surface area contributed by atoms with Crippen LogP contribution in [-0.2, 0) is 13.0 Å². The molecule has 0 radical (unpaired) electrons. The van der Waals surface area contributed by atoms with E-state index in [2.05, 4.69) is 12.1 Å². The lowest BCUT2D eigenvalue weighted by Crippen LogP contribution is -2.15. The fraction of sp³-hybridized carbons (Fsp3) is 0.333. The lowest BCUT2D eigenvalue weighted by molar-refractivity contribution is 0.296. The van der Waals surface area contributed by atoms with Crippen molar-refractivity contribution in [1.29, 1.82) is 0 Å². The molecule has 0 aromatic heterocycles. The zero-order valence-corrected chi connectivity index (χ0v) is 12.7. The maximum Gasteiger partial charge on any atom is 0.125 e. The number of aryl methyl sites for hydroxylation is 1. The van der Waals surface area contributed by atoms with Crippen molar-refractivity contribution >= 4 is 0 Å². The number of ether oxygens (including phenoxy) is 2. The molecule has 2 N–H and O–H groups in total. The standard InChI is InChI=1S/C18H23NO2/c1-14(19)7-8-15-9-11-17(12-10-15)21-13-16-5-3-4-6-18(16)20-2/h3-6,9-12,14H,7-8,13,19H2,1-2H3. The highest BCUT2D eigenvalue weighted by Gasteiger charge is 2.03. The topological polar surface area (TPSA) is 44.5 Å². The quantitative estimate of drug-likeness (QED) is 0.846. The van der Waals surface area contributed by atoms with Gasteiger partial charge in [-0.15, -0.1) is 0 Å². The molecule has 0 saturated carbocycles. The Morgan fingerprint density at radius 3 is 2.43 bits per heavy atom. The summed E-state index contributed by atoms with van der Waals surface area (Å²) in [5.41, 5.74) is 8.10. The number of para-hydroxylation sites is 1. The van der Waals surface area contributed by atoms with Gasteiger partial charge in [0.1, 0.15) is 18.1 Å². The molecule has 112 valence electrons. The lowest BCUT2D eigenvalue weighted by atomic mass is 10.1. The van der Waals surface area contributed by atoms with Crippen LogP contribution in [0.2, 0.25) is 0 Å². The summed E-state index contributed by atoms with van der Waals surface area (Å²) in [7, 11) is 1.67. The summed E-state index contributed by atoms with van der Waals surface area (Å²) in [6.45, 7) is 2.54. The Hall–Kier alpha value is -2.00. The van der Waals surface area contributed by atoms with Crippen LogP contribution in [0.25, 0.3) is 0 Å². The van der Waals surface area contributed by atoms with Gasteiger partial charge in [0.15, 0.2) is 0 Å². The summed E-state index contributed by atoms with van der Waals surface area (Å²) >= 11 is 0. The SMILES string of the molecule is COc1ccccc1COc1ccc(CCC(C)N)cc1. The van der Waals surface area contributed by atoms with Crippen molar-refractivity contribution in [1.82, 2.24) is 0 Å². The first kappa shape index (κ1) is 15.4. The lowest BCUT2D eigenvalue weighted by Gasteiger charge is -2.11. The van der Waals surface area contributed by atoms with Crippen LogP contribution in [0.5, 0.6) is 11.5 Å². The first-order valence-corrected chi connectivity index (χ1v) is 7.28. The predicted octanol–water partition coefficient (Wildman–Crippen LogP) is 3.55. The summed E-state index contributed by atoms with van der Waals surface area (Å²) in [5.74, 6) is 1.72. The molecule has 0 heterocycles. The van der Waals surface area contributed by atoms with E-state index in [1.807, 2.05) is 43.3 Å². The van der Waals surface area contributed by atoms with Gasteiger partial charge >= 0.3 is 0 Å². The average molecular weight is 285 g/mol. The normalized spacial score (nSPS) is 12.0. The zero-order valence-electron chi connectivity index (χ0n) is 12.7. The number of rotatable bonds is 7. The third-order valence-electron chi connectivity index (χ3n) is 3.40. The number of nitrogens with two attached hydrogens (primary N) is 1. The largest absolute Gasteiger partial charge is 0.496 e. The minimum Gasteiger partial charge on any atom is -0.496 e. The maximum atomic E-state index is 5.81. The van der Waals surface area contributed by atoms with Crippen molar-refractivity contribution in [2.45, 2.75) is 32.4 Å². The van der Waals surface area contributed by atoms with Gasteiger partial charge in [-0.3, -0.25) is 0 Å². The Labute approximate surface area is 126 Å². The van der Waals surface area contributed by atoms with Gasteiger partial charge in [-0.05, 0) is 43.5 Å². The second kappa shape index (κ2) is 7.70. The molecule has 0 fully saturated rings. The van der Waals surface area contributed by atoms with Gasteiger partial charge in [0, 0.05) is 11.6 Å². The molecule has 0 amide bonds.